The fourth-order valence-corrected chi connectivity index (χ4v) is 8.57. The highest BCUT2D eigenvalue weighted by Gasteiger charge is 2.51. The van der Waals surface area contributed by atoms with Gasteiger partial charge in [-0.25, -0.2) is 4.57 Å². The van der Waals surface area contributed by atoms with Crippen LogP contribution < -0.4 is 0 Å². The predicted octanol–water partition coefficient (Wildman–Crippen LogP) is 12.1. The lowest BCUT2D eigenvalue weighted by Gasteiger charge is -2.41. The first kappa shape index (κ1) is 63.5. The second-order valence-corrected chi connectivity index (χ2v) is 19.4. The number of carbonyl (C=O) groups is 1. The van der Waals surface area contributed by atoms with Crippen LogP contribution in [-0.2, 0) is 27.9 Å². The summed E-state index contributed by atoms with van der Waals surface area (Å²) in [4.78, 5) is 23.2. The summed E-state index contributed by atoms with van der Waals surface area (Å²) in [7, 11) is -5.04. The predicted molar refractivity (Wildman–Crippen MR) is 276 cm³/mol. The normalized spacial score (nSPS) is 21.8. The number of allylic oxidation sites excluding steroid dienone is 14. The van der Waals surface area contributed by atoms with Crippen LogP contribution in [0, 0.1) is 0 Å². The van der Waals surface area contributed by atoms with E-state index in [2.05, 4.69) is 86.8 Å². The number of ether oxygens (including phenoxy) is 2. The van der Waals surface area contributed by atoms with E-state index in [1.165, 1.54) is 96.3 Å². The summed E-state index contributed by atoms with van der Waals surface area (Å²) in [6.45, 7) is 4.08. The van der Waals surface area contributed by atoms with Crippen LogP contribution in [0.2, 0.25) is 0 Å². The lowest BCUT2D eigenvalue weighted by Crippen LogP contribution is -2.64. The minimum atomic E-state index is -5.04. The molecule has 1 fully saturated rings. The Labute approximate surface area is 412 Å². The molecule has 6 atom stereocenters. The molecular weight excluding hydrogens is 884 g/mol. The minimum Gasteiger partial charge on any atom is -0.457 e. The second-order valence-electron chi connectivity index (χ2n) is 18.0. The van der Waals surface area contributed by atoms with Crippen molar-refractivity contribution in [1.29, 1.82) is 0 Å². The van der Waals surface area contributed by atoms with E-state index in [1.54, 1.807) is 0 Å². The average molecular weight is 979 g/mol. The maximum Gasteiger partial charge on any atom is 0.472 e. The minimum absolute atomic E-state index is 0.103. The van der Waals surface area contributed by atoms with Crippen LogP contribution in [-0.4, -0.2) is 98.9 Å². The van der Waals surface area contributed by atoms with Crippen molar-refractivity contribution in [2.75, 3.05) is 19.8 Å². The maximum atomic E-state index is 12.9. The van der Waals surface area contributed by atoms with Crippen molar-refractivity contribution in [3.8, 4) is 0 Å². The number of hydrogen-bond donors (Lipinski definition) is 6. The molecule has 12 nitrogen and oxygen atoms in total. The average Bonchev–Trinajstić information content (AvgIpc) is 3.32. The summed E-state index contributed by atoms with van der Waals surface area (Å²) in [5, 5.41) is 50.3. The first-order valence-electron chi connectivity index (χ1n) is 26.4. The molecular formula is C55H95O12P. The lowest BCUT2D eigenvalue weighted by molar-refractivity contribution is -0.220. The van der Waals surface area contributed by atoms with E-state index >= 15 is 0 Å². The summed E-state index contributed by atoms with van der Waals surface area (Å²) >= 11 is 0. The Balaban J connectivity index is 2.35. The quantitative estimate of drug-likeness (QED) is 0.0147. The van der Waals surface area contributed by atoms with Gasteiger partial charge < -0.3 is 39.9 Å². The molecule has 6 unspecified atom stereocenters. The third-order valence-electron chi connectivity index (χ3n) is 11.8. The zero-order valence-electron chi connectivity index (χ0n) is 42.1. The van der Waals surface area contributed by atoms with E-state index in [9.17, 15) is 39.8 Å². The molecule has 13 heteroatoms. The van der Waals surface area contributed by atoms with Crippen molar-refractivity contribution in [3.63, 3.8) is 0 Å². The first-order chi connectivity index (χ1) is 33.0. The molecule has 68 heavy (non-hydrogen) atoms. The van der Waals surface area contributed by atoms with Crippen molar-refractivity contribution in [1.82, 2.24) is 0 Å². The van der Waals surface area contributed by atoms with E-state index in [4.69, 9.17) is 18.5 Å². The second kappa shape index (κ2) is 44.5. The Hall–Kier alpha value is -2.48. The van der Waals surface area contributed by atoms with Crippen LogP contribution in [0.1, 0.15) is 194 Å². The van der Waals surface area contributed by atoms with E-state index in [-0.39, 0.29) is 13.0 Å². The highest BCUT2D eigenvalue weighted by molar-refractivity contribution is 7.47. The van der Waals surface area contributed by atoms with Crippen LogP contribution >= 0.6 is 7.82 Å². The number of aliphatic hydroxyl groups excluding tert-OH is 5. The molecule has 6 N–H and O–H groups in total. The highest BCUT2D eigenvalue weighted by Crippen LogP contribution is 2.47. The third kappa shape index (κ3) is 35.6. The number of carbonyl (C=O) groups excluding carboxylic acids is 1. The van der Waals surface area contributed by atoms with Crippen molar-refractivity contribution in [2.24, 2.45) is 0 Å². The molecule has 0 radical (unpaired) electrons. The molecule has 392 valence electrons. The number of hydrogen-bond acceptors (Lipinski definition) is 11. The summed E-state index contributed by atoms with van der Waals surface area (Å²) in [6, 6.07) is 0. The Morgan fingerprint density at radius 3 is 1.32 bits per heavy atom. The van der Waals surface area contributed by atoms with E-state index in [0.29, 0.717) is 19.4 Å². The highest BCUT2D eigenvalue weighted by atomic mass is 31.2. The van der Waals surface area contributed by atoms with Crippen molar-refractivity contribution < 1.29 is 58.3 Å². The monoisotopic (exact) mass is 979 g/mol. The van der Waals surface area contributed by atoms with Crippen LogP contribution in [0.25, 0.3) is 0 Å². The SMILES string of the molecule is CC/C=C\C/C=C\C/C=C\C/C=C\C/C=C\CCCC(=O)OC(COCCCCCCCCCCCCCC/C=C\C/C=C\CCCCCCC)COP(=O)(O)OC1C(O)C(O)C(O)C(O)C1O. The fraction of sp³-hybridized carbons (Fsp3) is 0.727. The first-order valence-corrected chi connectivity index (χ1v) is 27.9. The fourth-order valence-electron chi connectivity index (χ4n) is 7.60. The lowest BCUT2D eigenvalue weighted by atomic mass is 9.85. The van der Waals surface area contributed by atoms with Crippen LogP contribution in [0.4, 0.5) is 0 Å². The van der Waals surface area contributed by atoms with E-state index < -0.39 is 63.1 Å². The molecule has 1 saturated carbocycles. The Morgan fingerprint density at radius 2 is 0.868 bits per heavy atom. The third-order valence-corrected chi connectivity index (χ3v) is 12.7. The van der Waals surface area contributed by atoms with Crippen LogP contribution in [0.5, 0.6) is 0 Å². The summed E-state index contributed by atoms with van der Waals surface area (Å²) < 4.78 is 34.2. The number of unbranched alkanes of at least 4 members (excludes halogenated alkanes) is 18. The van der Waals surface area contributed by atoms with Gasteiger partial charge in [-0.05, 0) is 83.5 Å². The summed E-state index contributed by atoms with van der Waals surface area (Å²) in [6.07, 6.45) is 48.0. The van der Waals surface area contributed by atoms with Crippen LogP contribution in [0.15, 0.2) is 85.1 Å². The van der Waals surface area contributed by atoms with Gasteiger partial charge in [0, 0.05) is 13.0 Å². The maximum absolute atomic E-state index is 12.9. The van der Waals surface area contributed by atoms with Gasteiger partial charge in [0.15, 0.2) is 0 Å². The van der Waals surface area contributed by atoms with Gasteiger partial charge >= 0.3 is 13.8 Å². The van der Waals surface area contributed by atoms with Gasteiger partial charge in [-0.2, -0.15) is 0 Å². The molecule has 1 aliphatic carbocycles. The molecule has 0 aromatic heterocycles. The summed E-state index contributed by atoms with van der Waals surface area (Å²) in [5.41, 5.74) is 0. The molecule has 0 aromatic rings. The Kier molecular flexibility index (Phi) is 41.5. The van der Waals surface area contributed by atoms with Crippen molar-refractivity contribution in [2.45, 2.75) is 236 Å². The van der Waals surface area contributed by atoms with Crippen LogP contribution in [0.3, 0.4) is 0 Å². The topological polar surface area (TPSA) is 192 Å². The molecule has 0 spiro atoms. The van der Waals surface area contributed by atoms with Crippen molar-refractivity contribution in [3.05, 3.63) is 85.1 Å². The van der Waals surface area contributed by atoms with Crippen molar-refractivity contribution >= 4 is 13.8 Å². The van der Waals surface area contributed by atoms with Gasteiger partial charge in [0.05, 0.1) is 13.2 Å². The molecule has 0 aliphatic heterocycles. The number of esters is 1. The van der Waals surface area contributed by atoms with Gasteiger partial charge in [-0.1, -0.05) is 189 Å². The Morgan fingerprint density at radius 1 is 0.485 bits per heavy atom. The Bertz CT molecular complexity index is 1440. The molecule has 0 bridgehead atoms. The van der Waals surface area contributed by atoms with Gasteiger partial charge in [-0.15, -0.1) is 0 Å². The molecule has 1 aliphatic rings. The molecule has 1 rings (SSSR count). The molecule has 0 saturated heterocycles. The zero-order valence-corrected chi connectivity index (χ0v) is 43.0. The zero-order chi connectivity index (χ0) is 49.8. The number of aliphatic hydroxyl groups is 5. The molecule has 0 amide bonds. The van der Waals surface area contributed by atoms with Gasteiger partial charge in [-0.3, -0.25) is 13.8 Å². The number of phosphoric acid groups is 1. The number of rotatable bonds is 44. The summed E-state index contributed by atoms with van der Waals surface area (Å²) in [5.74, 6) is -0.535. The number of phosphoric ester groups is 1. The standard InChI is InChI=1S/C55H95O12P/c1-3-5-7-9-11-13-15-17-19-21-22-23-24-25-26-27-29-31-33-35-37-39-41-43-45-64-46-48(47-65-68(62,63)67-55-53(60)51(58)50(57)52(59)54(55)61)66-49(56)44-42-40-38-36-34-32-30-28-20-18-16-14-12-10-8-6-4-2/h6,8,12,14-15,17-18,20-22,30,32,36,38,48,50-55,57-61H,3-5,7,9-11,13,16,19,23-29,31,33-35,37,39-47H2,1-2H3,(H,62,63)/b8-6-,14-12-,17-15-,20-18-,22-21-,32-30-,38-36-. The van der Waals surface area contributed by atoms with Gasteiger partial charge in [0.2, 0.25) is 0 Å². The van der Waals surface area contributed by atoms with E-state index in [0.717, 1.165) is 64.2 Å². The molecule has 0 aromatic carbocycles. The van der Waals surface area contributed by atoms with Gasteiger partial charge in [0.25, 0.3) is 0 Å². The van der Waals surface area contributed by atoms with Gasteiger partial charge in [0.1, 0.15) is 42.7 Å². The largest absolute Gasteiger partial charge is 0.472 e. The molecule has 0 heterocycles. The van der Waals surface area contributed by atoms with E-state index in [1.807, 2.05) is 12.2 Å². The smallest absolute Gasteiger partial charge is 0.457 e.